The quantitative estimate of drug-likeness (QED) is 0.786. The van der Waals surface area contributed by atoms with Gasteiger partial charge in [0.2, 0.25) is 10.0 Å². The number of nitrogens with zero attached hydrogens (tertiary/aromatic N) is 2. The van der Waals surface area contributed by atoms with E-state index >= 15 is 0 Å². The summed E-state index contributed by atoms with van der Waals surface area (Å²) in [5.41, 5.74) is 1.99. The molecule has 15 heavy (non-hydrogen) atoms. The average molecular weight is 250 g/mol. The van der Waals surface area contributed by atoms with Crippen molar-refractivity contribution in [3.63, 3.8) is 0 Å². The Morgan fingerprint density at radius 1 is 1.60 bits per heavy atom. The predicted molar refractivity (Wildman–Crippen MR) is 57.2 cm³/mol. The first-order valence-corrected chi connectivity index (χ1v) is 6.83. The van der Waals surface area contributed by atoms with Crippen molar-refractivity contribution < 1.29 is 8.42 Å². The Kier molecular flexibility index (Phi) is 2.99. The zero-order valence-corrected chi connectivity index (χ0v) is 9.68. The highest BCUT2D eigenvalue weighted by Crippen LogP contribution is 2.18. The van der Waals surface area contributed by atoms with Crippen LogP contribution < -0.4 is 0 Å². The van der Waals surface area contributed by atoms with Gasteiger partial charge in [-0.25, -0.2) is 8.42 Å². The molecule has 1 aliphatic heterocycles. The third-order valence-corrected chi connectivity index (χ3v) is 4.73. The number of hydrogen-bond acceptors (Lipinski definition) is 3. The number of nitrogens with one attached hydrogen (secondary N) is 1. The van der Waals surface area contributed by atoms with E-state index in [9.17, 15) is 8.42 Å². The molecular weight excluding hydrogens is 238 g/mol. The molecule has 0 saturated carbocycles. The van der Waals surface area contributed by atoms with Crippen LogP contribution in [-0.2, 0) is 23.0 Å². The maximum atomic E-state index is 11.7. The minimum absolute atomic E-state index is 0.00196. The van der Waals surface area contributed by atoms with Gasteiger partial charge in [0.15, 0.2) is 0 Å². The van der Waals surface area contributed by atoms with E-state index < -0.39 is 10.0 Å². The second-order valence-corrected chi connectivity index (χ2v) is 5.93. The van der Waals surface area contributed by atoms with Crippen molar-refractivity contribution in [3.8, 4) is 0 Å². The number of fused-ring (bicyclic) bond motifs is 1. The lowest BCUT2D eigenvalue weighted by atomic mass is 10.1. The van der Waals surface area contributed by atoms with E-state index in [-0.39, 0.29) is 11.6 Å². The summed E-state index contributed by atoms with van der Waals surface area (Å²) >= 11 is 5.46. The summed E-state index contributed by atoms with van der Waals surface area (Å²) in [7, 11) is -3.20. The maximum Gasteiger partial charge on any atom is 0.215 e. The summed E-state index contributed by atoms with van der Waals surface area (Å²) in [6.45, 7) is 0.903. The first-order chi connectivity index (χ1) is 7.13. The first kappa shape index (κ1) is 10.9. The molecule has 1 aromatic heterocycles. The van der Waals surface area contributed by atoms with Crippen molar-refractivity contribution in [2.75, 3.05) is 18.2 Å². The van der Waals surface area contributed by atoms with Crippen LogP contribution in [0.15, 0.2) is 6.20 Å². The molecule has 2 heterocycles. The Bertz CT molecular complexity index is 442. The Morgan fingerprint density at radius 2 is 2.40 bits per heavy atom. The summed E-state index contributed by atoms with van der Waals surface area (Å²) in [6.07, 6.45) is 2.47. The lowest BCUT2D eigenvalue weighted by molar-refractivity contribution is 0.388. The predicted octanol–water partition coefficient (Wildman–Crippen LogP) is 0.336. The van der Waals surface area contributed by atoms with Crippen LogP contribution in [0.5, 0.6) is 0 Å². The van der Waals surface area contributed by atoms with E-state index in [0.717, 1.165) is 11.3 Å². The summed E-state index contributed by atoms with van der Waals surface area (Å²) < 4.78 is 24.9. The van der Waals surface area contributed by atoms with E-state index in [4.69, 9.17) is 11.6 Å². The van der Waals surface area contributed by atoms with E-state index in [1.165, 1.54) is 4.31 Å². The first-order valence-electron chi connectivity index (χ1n) is 4.68. The van der Waals surface area contributed by atoms with Gasteiger partial charge in [0.1, 0.15) is 0 Å². The second kappa shape index (κ2) is 4.11. The molecule has 0 bridgehead atoms. The minimum Gasteiger partial charge on any atom is -0.281 e. The molecule has 0 fully saturated rings. The highest BCUT2D eigenvalue weighted by molar-refractivity contribution is 7.89. The topological polar surface area (TPSA) is 66.1 Å². The molecule has 0 radical (unpaired) electrons. The van der Waals surface area contributed by atoms with Crippen LogP contribution in [0.4, 0.5) is 0 Å². The van der Waals surface area contributed by atoms with Crippen LogP contribution in [0.3, 0.4) is 0 Å². The zero-order valence-electron chi connectivity index (χ0n) is 8.11. The molecule has 2 rings (SSSR count). The van der Waals surface area contributed by atoms with Crippen LogP contribution >= 0.6 is 11.6 Å². The molecule has 1 aliphatic rings. The van der Waals surface area contributed by atoms with Gasteiger partial charge in [0.05, 0.1) is 24.2 Å². The fourth-order valence-electron chi connectivity index (χ4n) is 1.65. The zero-order chi connectivity index (χ0) is 10.9. The van der Waals surface area contributed by atoms with Crippen LogP contribution in [-0.4, -0.2) is 41.1 Å². The standard InChI is InChI=1S/C8H12ClN3O2S/c9-2-4-15(13,14)12-3-1-7-5-10-11-8(7)6-12/h5H,1-4,6H2,(H,10,11). The van der Waals surface area contributed by atoms with Crippen LogP contribution in [0.1, 0.15) is 11.3 Å². The Balaban J connectivity index is 2.16. The van der Waals surface area contributed by atoms with Crippen LogP contribution in [0.2, 0.25) is 0 Å². The number of rotatable bonds is 3. The van der Waals surface area contributed by atoms with Crippen molar-refractivity contribution in [1.82, 2.24) is 14.5 Å². The molecule has 0 aliphatic carbocycles. The fraction of sp³-hybridized carbons (Fsp3) is 0.625. The number of halogens is 1. The van der Waals surface area contributed by atoms with Gasteiger partial charge in [-0.2, -0.15) is 9.40 Å². The molecule has 0 aromatic carbocycles. The molecule has 0 unspecified atom stereocenters. The minimum atomic E-state index is -3.20. The Labute approximate surface area is 93.5 Å². The normalized spacial score (nSPS) is 17.7. The van der Waals surface area contributed by atoms with Crippen molar-refractivity contribution in [2.24, 2.45) is 0 Å². The maximum absolute atomic E-state index is 11.7. The monoisotopic (exact) mass is 249 g/mol. The van der Waals surface area contributed by atoms with Crippen LogP contribution in [0, 0.1) is 0 Å². The molecule has 1 aromatic rings. The second-order valence-electron chi connectivity index (χ2n) is 3.46. The average Bonchev–Trinajstić information content (AvgIpc) is 2.63. The van der Waals surface area contributed by atoms with Crippen LogP contribution in [0.25, 0.3) is 0 Å². The third kappa shape index (κ3) is 2.16. The van der Waals surface area contributed by atoms with Crippen molar-refractivity contribution in [2.45, 2.75) is 13.0 Å². The van der Waals surface area contributed by atoms with Crippen molar-refractivity contribution in [1.29, 1.82) is 0 Å². The molecule has 0 atom stereocenters. The smallest absolute Gasteiger partial charge is 0.215 e. The largest absolute Gasteiger partial charge is 0.281 e. The van der Waals surface area contributed by atoms with E-state index in [2.05, 4.69) is 10.2 Å². The number of aromatic nitrogens is 2. The van der Waals surface area contributed by atoms with Gasteiger partial charge in [-0.05, 0) is 12.0 Å². The molecule has 7 heteroatoms. The van der Waals surface area contributed by atoms with Gasteiger partial charge >= 0.3 is 0 Å². The molecule has 0 saturated heterocycles. The Morgan fingerprint density at radius 3 is 3.13 bits per heavy atom. The van der Waals surface area contributed by atoms with E-state index in [0.29, 0.717) is 19.5 Å². The van der Waals surface area contributed by atoms with Gasteiger partial charge in [-0.15, -0.1) is 11.6 Å². The summed E-state index contributed by atoms with van der Waals surface area (Å²) in [4.78, 5) is 0. The van der Waals surface area contributed by atoms with Gasteiger partial charge in [0.25, 0.3) is 0 Å². The fourth-order valence-corrected chi connectivity index (χ4v) is 3.39. The number of H-pyrrole nitrogens is 1. The van der Waals surface area contributed by atoms with E-state index in [1.54, 1.807) is 6.20 Å². The molecule has 0 amide bonds. The highest BCUT2D eigenvalue weighted by Gasteiger charge is 2.26. The van der Waals surface area contributed by atoms with Crippen molar-refractivity contribution in [3.05, 3.63) is 17.5 Å². The number of sulfonamides is 1. The summed E-state index contributed by atoms with van der Waals surface area (Å²) in [5, 5.41) is 6.71. The molecule has 5 nitrogen and oxygen atoms in total. The lowest BCUT2D eigenvalue weighted by Gasteiger charge is -2.25. The van der Waals surface area contributed by atoms with Gasteiger partial charge in [0, 0.05) is 12.4 Å². The SMILES string of the molecule is O=S(=O)(CCCl)N1CCc2cn[nH]c2C1. The van der Waals surface area contributed by atoms with Gasteiger partial charge in [-0.1, -0.05) is 0 Å². The van der Waals surface area contributed by atoms with Gasteiger partial charge in [-0.3, -0.25) is 5.10 Å². The molecule has 1 N–H and O–H groups in total. The summed E-state index contributed by atoms with van der Waals surface area (Å²) in [5.74, 6) is 0.132. The Hall–Kier alpha value is -0.590. The van der Waals surface area contributed by atoms with Crippen molar-refractivity contribution >= 4 is 21.6 Å². The third-order valence-electron chi connectivity index (χ3n) is 2.50. The summed E-state index contributed by atoms with van der Waals surface area (Å²) in [6, 6.07) is 0. The van der Waals surface area contributed by atoms with E-state index in [1.807, 2.05) is 0 Å². The van der Waals surface area contributed by atoms with Gasteiger partial charge < -0.3 is 0 Å². The number of alkyl halides is 1. The molecular formula is C8H12ClN3O2S. The highest BCUT2D eigenvalue weighted by atomic mass is 35.5. The lowest BCUT2D eigenvalue weighted by Crippen LogP contribution is -2.37. The number of aromatic amines is 1. The molecule has 84 valence electrons. The number of hydrogen-bond donors (Lipinski definition) is 1. The molecule has 0 spiro atoms.